The Kier molecular flexibility index (Phi) is 3.66. The first kappa shape index (κ1) is 9.96. The van der Waals surface area contributed by atoms with Gasteiger partial charge in [-0.2, -0.15) is 0 Å². The maximum absolute atomic E-state index is 11.9. The molecule has 0 fully saturated rings. The summed E-state index contributed by atoms with van der Waals surface area (Å²) in [6.07, 6.45) is -2.42. The van der Waals surface area contributed by atoms with Crippen LogP contribution in [0, 0.1) is 0 Å². The highest BCUT2D eigenvalue weighted by Crippen LogP contribution is 2.26. The molecule has 0 aliphatic heterocycles. The van der Waals surface area contributed by atoms with E-state index in [-0.39, 0.29) is 11.3 Å². The smallest absolute Gasteiger partial charge is 0.241 e. The summed E-state index contributed by atoms with van der Waals surface area (Å²) in [7, 11) is -3.12. The number of nitrogens with two attached hydrogens (primary N) is 1. The molecule has 0 aliphatic rings. The quantitative estimate of drug-likeness (QED) is 0.578. The fourth-order valence-electron chi connectivity index (χ4n) is 2.09. The SMILES string of the molecule is [2H]c1c([2H])c([2H])c(OC([2H])([2H])C([2H])([2H])[2H])c(OCC([2H])([2H])N[C@H](C)C([2H])([2H])c2ccc(OC)c(S(N)(=O)=O)c2)c1[2H]. The highest BCUT2D eigenvalue weighted by molar-refractivity contribution is 7.89. The molecule has 0 saturated carbocycles. The van der Waals surface area contributed by atoms with Crippen molar-refractivity contribution in [3.63, 3.8) is 0 Å². The van der Waals surface area contributed by atoms with Crippen LogP contribution in [0.3, 0.4) is 0 Å². The Labute approximate surface area is 185 Å². The van der Waals surface area contributed by atoms with Gasteiger partial charge in [0, 0.05) is 22.1 Å². The molecule has 3 N–H and O–H groups in total. The molecule has 0 heterocycles. The molecule has 154 valence electrons. The van der Waals surface area contributed by atoms with E-state index < -0.39 is 89.5 Å². The first-order valence-corrected chi connectivity index (χ1v) is 9.33. The zero-order chi connectivity index (χ0) is 31.9. The number of rotatable bonds is 11. The second-order valence-electron chi connectivity index (χ2n) is 5.25. The van der Waals surface area contributed by atoms with Gasteiger partial charge in [-0.3, -0.25) is 0 Å². The van der Waals surface area contributed by atoms with Crippen molar-refractivity contribution in [2.45, 2.75) is 31.1 Å². The lowest BCUT2D eigenvalue weighted by Gasteiger charge is -2.16. The molecule has 2 aromatic rings. The molecule has 1 atom stereocenters. The van der Waals surface area contributed by atoms with Crippen molar-refractivity contribution < 1.29 is 40.4 Å². The summed E-state index contributed by atoms with van der Waals surface area (Å²) in [5.74, 6) is -2.02. The number of sulfonamides is 1. The van der Waals surface area contributed by atoms with Crippen LogP contribution < -0.4 is 24.7 Å². The summed E-state index contributed by atoms with van der Waals surface area (Å²) in [5, 5.41) is 7.52. The molecule has 0 saturated heterocycles. The molecule has 0 amide bonds. The van der Waals surface area contributed by atoms with E-state index >= 15 is 0 Å². The molecule has 0 aromatic heterocycles. The molecule has 0 radical (unpaired) electrons. The van der Waals surface area contributed by atoms with Gasteiger partial charge in [0.1, 0.15) is 17.3 Å². The largest absolute Gasteiger partial charge is 0.495 e. The summed E-state index contributed by atoms with van der Waals surface area (Å²) in [4.78, 5) is -0.498. The van der Waals surface area contributed by atoms with Crippen molar-refractivity contribution in [2.75, 3.05) is 26.8 Å². The maximum Gasteiger partial charge on any atom is 0.241 e. The van der Waals surface area contributed by atoms with Crippen LogP contribution >= 0.6 is 0 Å². The maximum atomic E-state index is 11.9. The predicted molar refractivity (Wildman–Crippen MR) is 109 cm³/mol. The zero-order valence-corrected chi connectivity index (χ0v) is 15.9. The molecule has 2 rings (SSSR count). The summed E-state index contributed by atoms with van der Waals surface area (Å²) < 4.78 is 141. The van der Waals surface area contributed by atoms with Gasteiger partial charge >= 0.3 is 0 Å². The Morgan fingerprint density at radius 2 is 1.96 bits per heavy atom. The van der Waals surface area contributed by atoms with E-state index in [1.807, 2.05) is 0 Å². The molecular weight excluding hydrogens is 380 g/mol. The van der Waals surface area contributed by atoms with Gasteiger partial charge < -0.3 is 19.5 Å². The van der Waals surface area contributed by atoms with Crippen LogP contribution in [0.25, 0.3) is 0 Å². The Bertz CT molecular complexity index is 1400. The van der Waals surface area contributed by atoms with E-state index in [4.69, 9.17) is 37.2 Å². The number of ether oxygens (including phenoxy) is 3. The normalized spacial score (nSPS) is 21.2. The Hall–Kier alpha value is -2.29. The highest BCUT2D eigenvalue weighted by atomic mass is 32.2. The van der Waals surface area contributed by atoms with Crippen LogP contribution in [0.15, 0.2) is 47.3 Å². The number of benzene rings is 2. The summed E-state index contributed by atoms with van der Waals surface area (Å²) in [6.45, 7) is -9.22. The van der Waals surface area contributed by atoms with Gasteiger partial charge in [-0.1, -0.05) is 18.2 Å². The van der Waals surface area contributed by atoms with Crippen molar-refractivity contribution in [1.82, 2.24) is 5.32 Å². The molecule has 7 nitrogen and oxygen atoms in total. The molecular formula is C20H28N2O5S. The third-order valence-corrected chi connectivity index (χ3v) is 4.17. The van der Waals surface area contributed by atoms with E-state index in [1.165, 1.54) is 26.2 Å². The standard InChI is InChI=1S/C20H28N2O5S/c1-4-26-17-7-5-6-8-18(17)27-12-11-22-15(2)13-16-9-10-19(25-3)20(14-16)28(21,23)24/h5-10,14-15,22H,4,11-13H2,1-3H3,(H2,21,23,24)/t15-/m1/s1/i1D3,4D2,5D,6D,7D,8D,11D2,13D2. The zero-order valence-electron chi connectivity index (χ0n) is 28.0. The number of para-hydroxylation sites is 2. The van der Waals surface area contributed by atoms with Crippen molar-refractivity contribution in [3.8, 4) is 17.2 Å². The van der Waals surface area contributed by atoms with E-state index in [9.17, 15) is 8.42 Å². The minimum absolute atomic E-state index is 0.135. The van der Waals surface area contributed by atoms with Crippen molar-refractivity contribution in [3.05, 3.63) is 47.9 Å². The number of nitrogens with one attached hydrogen (secondary N) is 1. The predicted octanol–water partition coefficient (Wildman–Crippen LogP) is 2.34. The summed E-state index contributed by atoms with van der Waals surface area (Å²) in [6, 6.07) is -1.66. The minimum Gasteiger partial charge on any atom is -0.495 e. The summed E-state index contributed by atoms with van der Waals surface area (Å²) >= 11 is 0. The van der Waals surface area contributed by atoms with Crippen molar-refractivity contribution in [2.24, 2.45) is 5.14 Å². The molecule has 2 aromatic carbocycles. The fraction of sp³-hybridized carbons (Fsp3) is 0.400. The van der Waals surface area contributed by atoms with Crippen LogP contribution in [0.5, 0.6) is 17.2 Å². The lowest BCUT2D eigenvalue weighted by atomic mass is 10.1. The second kappa shape index (κ2) is 10.3. The topological polar surface area (TPSA) is 99.9 Å². The first-order valence-electron chi connectivity index (χ1n) is 14.3. The van der Waals surface area contributed by atoms with Gasteiger partial charge in [0.25, 0.3) is 0 Å². The van der Waals surface area contributed by atoms with E-state index in [1.54, 1.807) is 0 Å². The average Bonchev–Trinajstić information content (AvgIpc) is 2.83. The minimum atomic E-state index is -4.31. The van der Waals surface area contributed by atoms with Crippen LogP contribution in [0.2, 0.25) is 0 Å². The number of hydrogen-bond donors (Lipinski definition) is 2. The second-order valence-corrected chi connectivity index (χ2v) is 6.78. The highest BCUT2D eigenvalue weighted by Gasteiger charge is 2.16. The number of primary sulfonamides is 1. The van der Waals surface area contributed by atoms with E-state index in [0.717, 1.165) is 6.07 Å². The third-order valence-electron chi connectivity index (χ3n) is 3.23. The van der Waals surface area contributed by atoms with Crippen molar-refractivity contribution in [1.29, 1.82) is 0 Å². The van der Waals surface area contributed by atoms with E-state index in [0.29, 0.717) is 0 Å². The lowest BCUT2D eigenvalue weighted by Crippen LogP contribution is -2.32. The van der Waals surface area contributed by atoms with Crippen LogP contribution in [0.1, 0.15) is 37.2 Å². The average molecular weight is 422 g/mol. The Morgan fingerprint density at radius 1 is 1.25 bits per heavy atom. The molecule has 0 aliphatic carbocycles. The number of hydrogen-bond acceptors (Lipinski definition) is 6. The molecule has 28 heavy (non-hydrogen) atoms. The van der Waals surface area contributed by atoms with Crippen molar-refractivity contribution >= 4 is 10.0 Å². The van der Waals surface area contributed by atoms with Gasteiger partial charge in [0.15, 0.2) is 11.5 Å². The summed E-state index contributed by atoms with van der Waals surface area (Å²) in [5.41, 5.74) is -0.196. The lowest BCUT2D eigenvalue weighted by molar-refractivity contribution is 0.272. The molecule has 0 unspecified atom stereocenters. The Balaban J connectivity index is 2.39. The van der Waals surface area contributed by atoms with Gasteiger partial charge in [-0.15, -0.1) is 0 Å². The molecule has 0 spiro atoms. The van der Waals surface area contributed by atoms with Crippen LogP contribution in [0.4, 0.5) is 0 Å². The van der Waals surface area contributed by atoms with E-state index in [2.05, 4.69) is 5.32 Å². The molecule has 8 heteroatoms. The fourth-order valence-corrected chi connectivity index (χ4v) is 2.82. The monoisotopic (exact) mass is 421 g/mol. The van der Waals surface area contributed by atoms with Gasteiger partial charge in [0.2, 0.25) is 10.0 Å². The first-order chi connectivity index (χ1) is 18.4. The van der Waals surface area contributed by atoms with Crippen LogP contribution in [-0.4, -0.2) is 41.2 Å². The Morgan fingerprint density at radius 3 is 2.61 bits per heavy atom. The van der Waals surface area contributed by atoms with Gasteiger partial charge in [-0.05, 0) is 49.9 Å². The molecule has 0 bridgehead atoms. The third kappa shape index (κ3) is 6.40. The number of methoxy groups -OCH3 is 1. The van der Waals surface area contributed by atoms with Gasteiger partial charge in [-0.25, -0.2) is 13.6 Å². The van der Waals surface area contributed by atoms with Gasteiger partial charge in [0.05, 0.1) is 21.9 Å². The van der Waals surface area contributed by atoms with Crippen LogP contribution in [-0.2, 0) is 16.4 Å².